The summed E-state index contributed by atoms with van der Waals surface area (Å²) in [7, 11) is -8.33. The van der Waals surface area contributed by atoms with Crippen molar-refractivity contribution in [3.05, 3.63) is 36.4 Å². The number of nitrogens with zero attached hydrogens (tertiary/aromatic N) is 1. The molecule has 0 atom stereocenters. The first-order valence-corrected chi connectivity index (χ1v) is 13.1. The molecule has 2 heterocycles. The van der Waals surface area contributed by atoms with Crippen molar-refractivity contribution >= 4 is 25.7 Å². The number of ether oxygens (including phenoxy) is 3. The average molecular weight is 523 g/mol. The van der Waals surface area contributed by atoms with Crippen molar-refractivity contribution in [1.29, 1.82) is 0 Å². The van der Waals surface area contributed by atoms with Gasteiger partial charge in [-0.15, -0.1) is 0 Å². The van der Waals surface area contributed by atoms with Crippen LogP contribution in [0.3, 0.4) is 0 Å². The normalized spacial score (nSPS) is 16.9. The monoisotopic (exact) mass is 522 g/mol. The van der Waals surface area contributed by atoms with Crippen molar-refractivity contribution in [2.75, 3.05) is 37.6 Å². The fraction of sp³-hybridized carbons (Fsp3) is 0.400. The zero-order chi connectivity index (χ0) is 24.6. The van der Waals surface area contributed by atoms with Crippen molar-refractivity contribution in [3.8, 4) is 17.2 Å². The second kappa shape index (κ2) is 9.15. The molecule has 1 fully saturated rings. The number of sulfonamides is 2. The number of halogens is 3. The third-order valence-electron chi connectivity index (χ3n) is 5.11. The summed E-state index contributed by atoms with van der Waals surface area (Å²) in [5, 5.41) is 0. The van der Waals surface area contributed by atoms with Crippen LogP contribution < -0.4 is 18.9 Å². The molecular formula is C20H21F3N2O7S2. The quantitative estimate of drug-likeness (QED) is 0.595. The molecule has 9 nitrogen and oxygen atoms in total. The first-order valence-electron chi connectivity index (χ1n) is 10.2. The van der Waals surface area contributed by atoms with Gasteiger partial charge in [-0.2, -0.15) is 17.5 Å². The van der Waals surface area contributed by atoms with E-state index in [0.29, 0.717) is 38.3 Å². The first kappa shape index (κ1) is 24.4. The van der Waals surface area contributed by atoms with Crippen LogP contribution in [0.4, 0.5) is 18.9 Å². The van der Waals surface area contributed by atoms with E-state index in [1.165, 1.54) is 22.5 Å². The van der Waals surface area contributed by atoms with Crippen molar-refractivity contribution in [2.45, 2.75) is 28.8 Å². The molecule has 186 valence electrons. The molecule has 14 heteroatoms. The van der Waals surface area contributed by atoms with Gasteiger partial charge in [0.2, 0.25) is 10.0 Å². The summed E-state index contributed by atoms with van der Waals surface area (Å²) in [6.45, 7) is -0.574. The zero-order valence-corrected chi connectivity index (χ0v) is 19.3. The molecule has 2 aromatic rings. The van der Waals surface area contributed by atoms with Crippen LogP contribution >= 0.6 is 0 Å². The molecule has 2 aromatic carbocycles. The number of anilines is 1. The Balaban J connectivity index is 1.69. The summed E-state index contributed by atoms with van der Waals surface area (Å²) in [6.07, 6.45) is -3.34. The van der Waals surface area contributed by atoms with E-state index < -0.39 is 44.3 Å². The van der Waals surface area contributed by atoms with Crippen LogP contribution in [0.2, 0.25) is 0 Å². The number of benzene rings is 2. The van der Waals surface area contributed by atoms with E-state index >= 15 is 0 Å². The number of fused-ring (bicyclic) bond motifs is 1. The van der Waals surface area contributed by atoms with Crippen molar-refractivity contribution in [1.82, 2.24) is 4.31 Å². The second-order valence-corrected chi connectivity index (χ2v) is 11.2. The van der Waals surface area contributed by atoms with Gasteiger partial charge in [0.05, 0.1) is 15.5 Å². The van der Waals surface area contributed by atoms with Gasteiger partial charge in [-0.1, -0.05) is 0 Å². The van der Waals surface area contributed by atoms with Gasteiger partial charge in [0.25, 0.3) is 10.0 Å². The Kier molecular flexibility index (Phi) is 6.57. The molecule has 0 bridgehead atoms. The highest BCUT2D eigenvalue weighted by Gasteiger charge is 2.31. The van der Waals surface area contributed by atoms with Gasteiger partial charge < -0.3 is 14.2 Å². The topological polar surface area (TPSA) is 111 Å². The molecule has 0 aromatic heterocycles. The van der Waals surface area contributed by atoms with E-state index in [9.17, 15) is 30.0 Å². The number of hydrogen-bond acceptors (Lipinski definition) is 7. The third kappa shape index (κ3) is 5.33. The van der Waals surface area contributed by atoms with Gasteiger partial charge in [-0.25, -0.2) is 16.8 Å². The Hall–Kier alpha value is -2.71. The summed E-state index contributed by atoms with van der Waals surface area (Å²) in [5.74, 6) is 0.0601. The molecule has 0 unspecified atom stereocenters. The number of alkyl halides is 3. The Labute approximate surface area is 194 Å². The Bertz CT molecular complexity index is 1280. The van der Waals surface area contributed by atoms with Crippen LogP contribution in [-0.2, 0) is 20.0 Å². The standard InChI is InChI=1S/C20H21F3N2O7S2/c21-20(22,23)13-32-17-5-4-15(34(28,29)25-7-1-2-8-25)11-16(17)24-33(26,27)14-3-6-18-19(12-14)31-10-9-30-18/h3-6,11-12,24H,1-2,7-10,13H2. The lowest BCUT2D eigenvalue weighted by molar-refractivity contribution is -0.153. The predicted octanol–water partition coefficient (Wildman–Crippen LogP) is 2.98. The van der Waals surface area contributed by atoms with Crippen LogP contribution in [0, 0.1) is 0 Å². The van der Waals surface area contributed by atoms with E-state index in [-0.39, 0.29) is 22.1 Å². The van der Waals surface area contributed by atoms with E-state index in [2.05, 4.69) is 4.72 Å². The van der Waals surface area contributed by atoms with Crippen LogP contribution in [0.1, 0.15) is 12.8 Å². The summed E-state index contributed by atoms with van der Waals surface area (Å²) in [4.78, 5) is -0.528. The Morgan fingerprint density at radius 2 is 1.56 bits per heavy atom. The SMILES string of the molecule is O=S(=O)(Nc1cc(S(=O)(=O)N2CCCC2)ccc1OCC(F)(F)F)c1ccc2c(c1)OCCO2. The van der Waals surface area contributed by atoms with Crippen molar-refractivity contribution in [3.63, 3.8) is 0 Å². The van der Waals surface area contributed by atoms with Gasteiger partial charge in [-0.05, 0) is 43.2 Å². The molecular weight excluding hydrogens is 501 g/mol. The lowest BCUT2D eigenvalue weighted by Gasteiger charge is -2.20. The summed E-state index contributed by atoms with van der Waals surface area (Å²) < 4.78 is 109. The largest absolute Gasteiger partial charge is 0.486 e. The molecule has 0 spiro atoms. The van der Waals surface area contributed by atoms with E-state index in [4.69, 9.17) is 14.2 Å². The number of rotatable bonds is 7. The summed E-state index contributed by atoms with van der Waals surface area (Å²) in [6, 6.07) is 6.86. The second-order valence-electron chi connectivity index (χ2n) is 7.58. The molecule has 0 saturated carbocycles. The van der Waals surface area contributed by atoms with E-state index in [1.807, 2.05) is 0 Å². The van der Waals surface area contributed by atoms with Crippen LogP contribution in [0.15, 0.2) is 46.2 Å². The highest BCUT2D eigenvalue weighted by molar-refractivity contribution is 7.92. The maximum absolute atomic E-state index is 13.0. The first-order chi connectivity index (χ1) is 16.0. The lowest BCUT2D eigenvalue weighted by atomic mass is 10.3. The summed E-state index contributed by atoms with van der Waals surface area (Å²) in [5.41, 5.74) is -0.445. The molecule has 1 saturated heterocycles. The lowest BCUT2D eigenvalue weighted by Crippen LogP contribution is -2.28. The molecule has 4 rings (SSSR count). The highest BCUT2D eigenvalue weighted by atomic mass is 32.2. The molecule has 0 aliphatic carbocycles. The van der Waals surface area contributed by atoms with Gasteiger partial charge in [0.15, 0.2) is 18.1 Å². The van der Waals surface area contributed by atoms with E-state index in [1.54, 1.807) is 0 Å². The molecule has 0 radical (unpaired) electrons. The van der Waals surface area contributed by atoms with Crippen LogP contribution in [-0.4, -0.2) is 60.2 Å². The maximum atomic E-state index is 13.0. The Morgan fingerprint density at radius 3 is 2.24 bits per heavy atom. The van der Waals surface area contributed by atoms with E-state index in [0.717, 1.165) is 18.2 Å². The fourth-order valence-electron chi connectivity index (χ4n) is 3.51. The number of hydrogen-bond donors (Lipinski definition) is 1. The smallest absolute Gasteiger partial charge is 0.422 e. The zero-order valence-electron chi connectivity index (χ0n) is 17.7. The average Bonchev–Trinajstić information content (AvgIpc) is 3.33. The minimum Gasteiger partial charge on any atom is -0.486 e. The number of nitrogens with one attached hydrogen (secondary N) is 1. The van der Waals surface area contributed by atoms with Gasteiger partial charge in [0.1, 0.15) is 19.0 Å². The minimum absolute atomic E-state index is 0.188. The predicted molar refractivity (Wildman–Crippen MR) is 114 cm³/mol. The molecule has 2 aliphatic heterocycles. The van der Waals surface area contributed by atoms with Crippen molar-refractivity contribution in [2.24, 2.45) is 0 Å². The van der Waals surface area contributed by atoms with Crippen LogP contribution in [0.25, 0.3) is 0 Å². The molecule has 2 aliphatic rings. The molecule has 0 amide bonds. The van der Waals surface area contributed by atoms with Gasteiger partial charge in [-0.3, -0.25) is 4.72 Å². The Morgan fingerprint density at radius 1 is 0.912 bits per heavy atom. The minimum atomic E-state index is -4.69. The fourth-order valence-corrected chi connectivity index (χ4v) is 6.13. The van der Waals surface area contributed by atoms with Crippen molar-refractivity contribution < 1.29 is 44.2 Å². The van der Waals surface area contributed by atoms with Crippen LogP contribution in [0.5, 0.6) is 17.2 Å². The third-order valence-corrected chi connectivity index (χ3v) is 8.37. The summed E-state index contributed by atoms with van der Waals surface area (Å²) >= 11 is 0. The maximum Gasteiger partial charge on any atom is 0.422 e. The molecule has 1 N–H and O–H groups in total. The van der Waals surface area contributed by atoms with Gasteiger partial charge in [0, 0.05) is 19.2 Å². The molecule has 34 heavy (non-hydrogen) atoms. The van der Waals surface area contributed by atoms with Gasteiger partial charge >= 0.3 is 6.18 Å². The highest BCUT2D eigenvalue weighted by Crippen LogP contribution is 2.35.